The Morgan fingerprint density at radius 3 is 2.73 bits per heavy atom. The van der Waals surface area contributed by atoms with Crippen molar-refractivity contribution in [3.63, 3.8) is 0 Å². The summed E-state index contributed by atoms with van der Waals surface area (Å²) in [5.41, 5.74) is 6.05. The Morgan fingerprint density at radius 1 is 1.21 bits per heavy atom. The number of hydrogen-bond donors (Lipinski definition) is 1. The summed E-state index contributed by atoms with van der Waals surface area (Å²) < 4.78 is 20.5. The number of benzene rings is 2. The monoisotopic (exact) mass is 445 g/mol. The molecule has 0 bridgehead atoms. The molecule has 172 valence electrons. The molecule has 1 fully saturated rings. The molecule has 1 aliphatic heterocycles. The Hall–Kier alpha value is -2.74. The summed E-state index contributed by atoms with van der Waals surface area (Å²) in [5, 5.41) is 19.4. The van der Waals surface area contributed by atoms with Crippen LogP contribution in [0.15, 0.2) is 53.6 Å². The molecule has 4 heteroatoms. The molecule has 1 aliphatic carbocycles. The first-order valence-corrected chi connectivity index (χ1v) is 11.8. The van der Waals surface area contributed by atoms with Crippen molar-refractivity contribution in [2.24, 2.45) is 0 Å². The van der Waals surface area contributed by atoms with Crippen LogP contribution in [0.3, 0.4) is 0 Å². The molecule has 1 heterocycles. The molecule has 2 aromatic carbocycles. The highest BCUT2D eigenvalue weighted by molar-refractivity contribution is 5.77. The Bertz CT molecular complexity index is 1110. The fourth-order valence-electron chi connectivity index (χ4n) is 4.79. The van der Waals surface area contributed by atoms with Gasteiger partial charge >= 0.3 is 0 Å². The van der Waals surface area contributed by atoms with E-state index in [-0.39, 0.29) is 11.7 Å². The quantitative estimate of drug-likeness (QED) is 0.530. The van der Waals surface area contributed by atoms with E-state index in [1.807, 2.05) is 19.1 Å². The summed E-state index contributed by atoms with van der Waals surface area (Å²) in [7, 11) is 0. The van der Waals surface area contributed by atoms with Crippen molar-refractivity contribution in [2.75, 3.05) is 6.61 Å². The van der Waals surface area contributed by atoms with Crippen LogP contribution in [0, 0.1) is 17.1 Å². The Kier molecular flexibility index (Phi) is 7.12. The van der Waals surface area contributed by atoms with E-state index < -0.39 is 11.4 Å². The van der Waals surface area contributed by atoms with E-state index in [1.165, 1.54) is 17.2 Å². The molecule has 3 nitrogen and oxygen atoms in total. The molecule has 2 aromatic rings. The predicted molar refractivity (Wildman–Crippen MR) is 130 cm³/mol. The SMILES string of the molecule is CC1=CCCOC(Cc2ccc(C=C3CCC(C)(O)CC3)c(-c3ccc(C#N)c(F)c3)c2)C1. The Labute approximate surface area is 196 Å². The van der Waals surface area contributed by atoms with Crippen LogP contribution in [0.4, 0.5) is 4.39 Å². The van der Waals surface area contributed by atoms with Gasteiger partial charge < -0.3 is 9.84 Å². The van der Waals surface area contributed by atoms with Gasteiger partial charge in [0, 0.05) is 0 Å². The summed E-state index contributed by atoms with van der Waals surface area (Å²) in [6.45, 7) is 4.79. The van der Waals surface area contributed by atoms with E-state index in [0.29, 0.717) is 0 Å². The maximum Gasteiger partial charge on any atom is 0.141 e. The highest BCUT2D eigenvalue weighted by Crippen LogP contribution is 2.35. The van der Waals surface area contributed by atoms with E-state index in [9.17, 15) is 9.50 Å². The molecule has 33 heavy (non-hydrogen) atoms. The van der Waals surface area contributed by atoms with Gasteiger partial charge in [-0.05, 0) is 93.2 Å². The molecule has 0 amide bonds. The van der Waals surface area contributed by atoms with Crippen LogP contribution in [0.25, 0.3) is 17.2 Å². The highest BCUT2D eigenvalue weighted by atomic mass is 19.1. The molecule has 0 aromatic heterocycles. The fourth-order valence-corrected chi connectivity index (χ4v) is 4.79. The van der Waals surface area contributed by atoms with Crippen molar-refractivity contribution in [3.05, 3.63) is 76.1 Å². The molecule has 1 N–H and O–H groups in total. The summed E-state index contributed by atoms with van der Waals surface area (Å²) in [6, 6.07) is 13.1. The zero-order chi connectivity index (χ0) is 23.4. The minimum Gasteiger partial charge on any atom is -0.390 e. The molecule has 2 aliphatic rings. The van der Waals surface area contributed by atoms with Crippen LogP contribution in [0.2, 0.25) is 0 Å². The zero-order valence-electron chi connectivity index (χ0n) is 19.5. The van der Waals surface area contributed by atoms with Gasteiger partial charge in [0.25, 0.3) is 0 Å². The van der Waals surface area contributed by atoms with Gasteiger partial charge in [-0.2, -0.15) is 5.26 Å². The second kappa shape index (κ2) is 10.0. The van der Waals surface area contributed by atoms with Gasteiger partial charge in [0.05, 0.1) is 23.9 Å². The molecule has 1 atom stereocenters. The highest BCUT2D eigenvalue weighted by Gasteiger charge is 2.25. The maximum absolute atomic E-state index is 14.5. The lowest BCUT2D eigenvalue weighted by molar-refractivity contribution is 0.0330. The van der Waals surface area contributed by atoms with E-state index in [0.717, 1.165) is 73.8 Å². The van der Waals surface area contributed by atoms with Gasteiger partial charge in [-0.15, -0.1) is 0 Å². The van der Waals surface area contributed by atoms with E-state index >= 15 is 0 Å². The van der Waals surface area contributed by atoms with Gasteiger partial charge in [-0.3, -0.25) is 0 Å². The Balaban J connectivity index is 1.68. The normalized spacial score (nSPS) is 23.4. The van der Waals surface area contributed by atoms with Gasteiger partial charge in [0.15, 0.2) is 0 Å². The second-order valence-electron chi connectivity index (χ2n) is 9.77. The summed E-state index contributed by atoms with van der Waals surface area (Å²) >= 11 is 0. The predicted octanol–water partition coefficient (Wildman–Crippen LogP) is 6.74. The van der Waals surface area contributed by atoms with Crippen LogP contribution >= 0.6 is 0 Å². The minimum absolute atomic E-state index is 0.0541. The Morgan fingerprint density at radius 2 is 2.00 bits per heavy atom. The summed E-state index contributed by atoms with van der Waals surface area (Å²) in [6.07, 6.45) is 10.5. The molecule has 1 saturated carbocycles. The van der Waals surface area contributed by atoms with Crippen LogP contribution in [-0.4, -0.2) is 23.4 Å². The topological polar surface area (TPSA) is 53.2 Å². The number of rotatable bonds is 4. The van der Waals surface area contributed by atoms with Crippen LogP contribution in [-0.2, 0) is 11.2 Å². The average Bonchev–Trinajstić information content (AvgIpc) is 2.99. The largest absolute Gasteiger partial charge is 0.390 e. The molecule has 0 radical (unpaired) electrons. The van der Waals surface area contributed by atoms with Crippen molar-refractivity contribution in [2.45, 2.75) is 70.5 Å². The average molecular weight is 446 g/mol. The first kappa shape index (κ1) is 23.4. The molecule has 0 spiro atoms. The first-order valence-electron chi connectivity index (χ1n) is 11.8. The molecular weight excluding hydrogens is 413 g/mol. The van der Waals surface area contributed by atoms with Gasteiger partial charge in [-0.25, -0.2) is 4.39 Å². The molecular formula is C29H32FNO2. The lowest BCUT2D eigenvalue weighted by Gasteiger charge is -2.29. The van der Waals surface area contributed by atoms with E-state index in [2.05, 4.69) is 37.3 Å². The molecule has 4 rings (SSSR count). The third kappa shape index (κ3) is 5.99. The molecule has 1 unspecified atom stereocenters. The van der Waals surface area contributed by atoms with E-state index in [1.54, 1.807) is 6.07 Å². The number of ether oxygens (including phenoxy) is 1. The van der Waals surface area contributed by atoms with Crippen molar-refractivity contribution in [1.82, 2.24) is 0 Å². The van der Waals surface area contributed by atoms with Crippen LogP contribution in [0.5, 0.6) is 0 Å². The van der Waals surface area contributed by atoms with Gasteiger partial charge in [-0.1, -0.05) is 47.6 Å². The fraction of sp³-hybridized carbons (Fsp3) is 0.414. The number of halogens is 1. The van der Waals surface area contributed by atoms with Crippen molar-refractivity contribution < 1.29 is 14.2 Å². The standard InChI is InChI=1S/C29H32FNO2/c1-20-4-3-13-33-26(14-20)16-22-5-6-23(15-21-9-11-29(2,32)12-10-21)27(17-22)24-7-8-25(19-31)28(30)18-24/h4-8,15,17-18,26,32H,3,9-14,16H2,1-2H3. The van der Waals surface area contributed by atoms with Gasteiger partial charge in [0.1, 0.15) is 11.9 Å². The maximum atomic E-state index is 14.5. The minimum atomic E-state index is -0.592. The summed E-state index contributed by atoms with van der Waals surface area (Å²) in [5.74, 6) is -0.499. The van der Waals surface area contributed by atoms with E-state index in [4.69, 9.17) is 10.00 Å². The zero-order valence-corrected chi connectivity index (χ0v) is 19.5. The van der Waals surface area contributed by atoms with Crippen molar-refractivity contribution in [3.8, 4) is 17.2 Å². The lowest BCUT2D eigenvalue weighted by Crippen LogP contribution is -2.27. The van der Waals surface area contributed by atoms with Crippen LogP contribution < -0.4 is 0 Å². The number of nitrogens with zero attached hydrogens (tertiary/aromatic N) is 1. The summed E-state index contributed by atoms with van der Waals surface area (Å²) in [4.78, 5) is 0. The number of aliphatic hydroxyl groups is 1. The van der Waals surface area contributed by atoms with Crippen LogP contribution in [0.1, 0.15) is 69.1 Å². The third-order valence-electron chi connectivity index (χ3n) is 6.82. The number of allylic oxidation sites excluding steroid dienone is 1. The number of nitriles is 1. The van der Waals surface area contributed by atoms with Crippen molar-refractivity contribution >= 4 is 6.08 Å². The first-order chi connectivity index (χ1) is 15.8. The smallest absolute Gasteiger partial charge is 0.141 e. The molecule has 0 saturated heterocycles. The third-order valence-corrected chi connectivity index (χ3v) is 6.82. The number of hydrogen-bond acceptors (Lipinski definition) is 3. The van der Waals surface area contributed by atoms with Gasteiger partial charge in [0.2, 0.25) is 0 Å². The lowest BCUT2D eigenvalue weighted by atomic mass is 9.82. The van der Waals surface area contributed by atoms with Crippen molar-refractivity contribution in [1.29, 1.82) is 5.26 Å². The second-order valence-corrected chi connectivity index (χ2v) is 9.77.